The Morgan fingerprint density at radius 1 is 0.950 bits per heavy atom. The summed E-state index contributed by atoms with van der Waals surface area (Å²) >= 11 is 0. The van der Waals surface area contributed by atoms with E-state index in [1.807, 2.05) is 19.1 Å². The summed E-state index contributed by atoms with van der Waals surface area (Å²) in [5.41, 5.74) is 4.48. The predicted octanol–water partition coefficient (Wildman–Crippen LogP) is 3.97. The lowest BCUT2D eigenvalue weighted by Crippen LogP contribution is -2.12. The Bertz CT molecular complexity index is 605. The van der Waals surface area contributed by atoms with Gasteiger partial charge in [-0.2, -0.15) is 4.98 Å². The van der Waals surface area contributed by atoms with Gasteiger partial charge in [0.05, 0.1) is 0 Å². The van der Waals surface area contributed by atoms with Crippen LogP contribution in [-0.2, 0) is 0 Å². The van der Waals surface area contributed by atoms with Crippen molar-refractivity contribution in [2.75, 3.05) is 10.6 Å². The minimum absolute atomic E-state index is 0.346. The summed E-state index contributed by atoms with van der Waals surface area (Å²) in [5, 5.41) is 6.57. The molecule has 1 aromatic heterocycles. The fourth-order valence-corrected chi connectivity index (χ4v) is 1.94. The molecular formula is C16H22N4. The van der Waals surface area contributed by atoms with Gasteiger partial charge in [0.25, 0.3) is 0 Å². The number of rotatable bonds is 4. The van der Waals surface area contributed by atoms with Crippen molar-refractivity contribution in [2.24, 2.45) is 0 Å². The van der Waals surface area contributed by atoms with E-state index in [-0.39, 0.29) is 0 Å². The first-order chi connectivity index (χ1) is 9.44. The topological polar surface area (TPSA) is 49.8 Å². The van der Waals surface area contributed by atoms with Crippen molar-refractivity contribution in [1.82, 2.24) is 9.97 Å². The quantitative estimate of drug-likeness (QED) is 0.882. The summed E-state index contributed by atoms with van der Waals surface area (Å²) in [5.74, 6) is 1.47. The molecule has 0 bridgehead atoms. The van der Waals surface area contributed by atoms with Crippen LogP contribution in [0.3, 0.4) is 0 Å². The van der Waals surface area contributed by atoms with Gasteiger partial charge in [0, 0.05) is 23.5 Å². The molecule has 0 aliphatic heterocycles. The zero-order valence-electron chi connectivity index (χ0n) is 12.8. The number of nitrogens with zero attached hydrogens (tertiary/aromatic N) is 2. The molecule has 1 heterocycles. The maximum Gasteiger partial charge on any atom is 0.229 e. The Labute approximate surface area is 120 Å². The summed E-state index contributed by atoms with van der Waals surface area (Å²) in [6.45, 7) is 10.4. The Morgan fingerprint density at radius 2 is 1.70 bits per heavy atom. The van der Waals surface area contributed by atoms with Gasteiger partial charge in [-0.25, -0.2) is 4.98 Å². The first-order valence-corrected chi connectivity index (χ1v) is 6.90. The van der Waals surface area contributed by atoms with Crippen molar-refractivity contribution in [2.45, 2.75) is 40.7 Å². The first-order valence-electron chi connectivity index (χ1n) is 6.90. The second-order valence-corrected chi connectivity index (χ2v) is 5.44. The highest BCUT2D eigenvalue weighted by molar-refractivity contribution is 5.57. The maximum atomic E-state index is 4.49. The van der Waals surface area contributed by atoms with Crippen LogP contribution in [0.15, 0.2) is 24.3 Å². The fourth-order valence-electron chi connectivity index (χ4n) is 1.94. The molecule has 0 aliphatic rings. The van der Waals surface area contributed by atoms with Gasteiger partial charge in [0.1, 0.15) is 5.82 Å². The SMILES string of the molecule is Cc1cc(NC(C)C)nc(Nc2ccc(C)c(C)c2)n1. The Kier molecular flexibility index (Phi) is 4.23. The summed E-state index contributed by atoms with van der Waals surface area (Å²) in [7, 11) is 0. The molecule has 0 saturated heterocycles. The largest absolute Gasteiger partial charge is 0.368 e. The van der Waals surface area contributed by atoms with Gasteiger partial charge in [-0.3, -0.25) is 0 Å². The number of benzene rings is 1. The van der Waals surface area contributed by atoms with Crippen molar-refractivity contribution in [3.63, 3.8) is 0 Å². The molecule has 0 radical (unpaired) electrons. The maximum absolute atomic E-state index is 4.49. The average Bonchev–Trinajstić information content (AvgIpc) is 2.32. The molecule has 4 nitrogen and oxygen atoms in total. The van der Waals surface area contributed by atoms with Crippen LogP contribution in [0.4, 0.5) is 17.5 Å². The number of hydrogen-bond donors (Lipinski definition) is 2. The van der Waals surface area contributed by atoms with Gasteiger partial charge in [-0.15, -0.1) is 0 Å². The zero-order valence-corrected chi connectivity index (χ0v) is 12.8. The lowest BCUT2D eigenvalue weighted by molar-refractivity contribution is 0.885. The third-order valence-electron chi connectivity index (χ3n) is 3.05. The molecule has 2 aromatic rings. The number of aryl methyl sites for hydroxylation is 3. The normalized spacial score (nSPS) is 10.7. The first kappa shape index (κ1) is 14.3. The Balaban J connectivity index is 2.24. The standard InChI is InChI=1S/C16H22N4/c1-10(2)17-15-9-13(5)18-16(20-15)19-14-7-6-11(3)12(4)8-14/h6-10H,1-5H3,(H2,17,18,19,20). The second-order valence-electron chi connectivity index (χ2n) is 5.44. The molecule has 0 aliphatic carbocycles. The van der Waals surface area contributed by atoms with Gasteiger partial charge in [0.15, 0.2) is 0 Å². The van der Waals surface area contributed by atoms with Crippen LogP contribution in [0.5, 0.6) is 0 Å². The molecule has 2 N–H and O–H groups in total. The summed E-state index contributed by atoms with van der Waals surface area (Å²) in [4.78, 5) is 8.91. The number of hydrogen-bond acceptors (Lipinski definition) is 4. The molecule has 0 saturated carbocycles. The molecule has 0 atom stereocenters. The van der Waals surface area contributed by atoms with E-state index in [0.717, 1.165) is 17.2 Å². The lowest BCUT2D eigenvalue weighted by Gasteiger charge is -2.12. The van der Waals surface area contributed by atoms with E-state index in [9.17, 15) is 0 Å². The highest BCUT2D eigenvalue weighted by atomic mass is 15.1. The van der Waals surface area contributed by atoms with Crippen molar-refractivity contribution < 1.29 is 0 Å². The second kappa shape index (κ2) is 5.90. The van der Waals surface area contributed by atoms with Gasteiger partial charge >= 0.3 is 0 Å². The molecule has 0 fully saturated rings. The molecule has 4 heteroatoms. The van der Waals surface area contributed by atoms with E-state index in [2.05, 4.69) is 60.4 Å². The lowest BCUT2D eigenvalue weighted by atomic mass is 10.1. The molecular weight excluding hydrogens is 248 g/mol. The fraction of sp³-hybridized carbons (Fsp3) is 0.375. The van der Waals surface area contributed by atoms with Crippen LogP contribution in [0.1, 0.15) is 30.7 Å². The molecule has 2 rings (SSSR count). The number of nitrogens with one attached hydrogen (secondary N) is 2. The van der Waals surface area contributed by atoms with Gasteiger partial charge in [-0.1, -0.05) is 6.07 Å². The number of anilines is 3. The van der Waals surface area contributed by atoms with Crippen LogP contribution < -0.4 is 10.6 Å². The van der Waals surface area contributed by atoms with Crippen LogP contribution in [-0.4, -0.2) is 16.0 Å². The van der Waals surface area contributed by atoms with E-state index in [0.29, 0.717) is 12.0 Å². The average molecular weight is 270 g/mol. The van der Waals surface area contributed by atoms with Crippen LogP contribution >= 0.6 is 0 Å². The van der Waals surface area contributed by atoms with Crippen molar-refractivity contribution >= 4 is 17.5 Å². The van der Waals surface area contributed by atoms with Crippen LogP contribution in [0.2, 0.25) is 0 Å². The summed E-state index contributed by atoms with van der Waals surface area (Å²) in [6.07, 6.45) is 0. The molecule has 0 amide bonds. The van der Waals surface area contributed by atoms with E-state index in [1.165, 1.54) is 11.1 Å². The van der Waals surface area contributed by atoms with E-state index in [4.69, 9.17) is 0 Å². The molecule has 0 unspecified atom stereocenters. The van der Waals surface area contributed by atoms with Gasteiger partial charge in [-0.05, 0) is 57.9 Å². The van der Waals surface area contributed by atoms with E-state index >= 15 is 0 Å². The van der Waals surface area contributed by atoms with E-state index in [1.54, 1.807) is 0 Å². The smallest absolute Gasteiger partial charge is 0.229 e. The van der Waals surface area contributed by atoms with Crippen LogP contribution in [0, 0.1) is 20.8 Å². The monoisotopic (exact) mass is 270 g/mol. The summed E-state index contributed by atoms with van der Waals surface area (Å²) in [6, 6.07) is 8.55. The third-order valence-corrected chi connectivity index (χ3v) is 3.05. The van der Waals surface area contributed by atoms with Crippen molar-refractivity contribution in [1.29, 1.82) is 0 Å². The highest BCUT2D eigenvalue weighted by Crippen LogP contribution is 2.19. The Hall–Kier alpha value is -2.10. The highest BCUT2D eigenvalue weighted by Gasteiger charge is 2.04. The molecule has 20 heavy (non-hydrogen) atoms. The minimum Gasteiger partial charge on any atom is -0.368 e. The molecule has 0 spiro atoms. The Morgan fingerprint density at radius 3 is 2.35 bits per heavy atom. The third kappa shape index (κ3) is 3.70. The van der Waals surface area contributed by atoms with Crippen molar-refractivity contribution in [3.05, 3.63) is 41.1 Å². The molecule has 106 valence electrons. The predicted molar refractivity (Wildman–Crippen MR) is 84.7 cm³/mol. The minimum atomic E-state index is 0.346. The van der Waals surface area contributed by atoms with Gasteiger partial charge in [0.2, 0.25) is 5.95 Å². The molecule has 1 aromatic carbocycles. The summed E-state index contributed by atoms with van der Waals surface area (Å²) < 4.78 is 0. The van der Waals surface area contributed by atoms with Gasteiger partial charge < -0.3 is 10.6 Å². The van der Waals surface area contributed by atoms with E-state index < -0.39 is 0 Å². The van der Waals surface area contributed by atoms with Crippen LogP contribution in [0.25, 0.3) is 0 Å². The number of aromatic nitrogens is 2. The zero-order chi connectivity index (χ0) is 14.7. The van der Waals surface area contributed by atoms with Crippen molar-refractivity contribution in [3.8, 4) is 0 Å².